The minimum absolute atomic E-state index is 0.0137. The number of Topliss-reactive ketones (excluding diaryl/α,β-unsaturated/α-hetero) is 1. The number of carbonyl (C=O) groups is 1. The molecule has 0 fully saturated rings. The summed E-state index contributed by atoms with van der Waals surface area (Å²) in [4.78, 5) is 15.0. The van der Waals surface area contributed by atoms with Crippen molar-refractivity contribution >= 4 is 5.78 Å². The Kier molecular flexibility index (Phi) is 6.23. The van der Waals surface area contributed by atoms with Crippen LogP contribution in [-0.4, -0.2) is 29.4 Å². The number of ketones is 1. The van der Waals surface area contributed by atoms with Crippen LogP contribution in [0.3, 0.4) is 0 Å². The number of benzene rings is 3. The molecule has 3 aromatic carbocycles. The second kappa shape index (κ2) is 9.01. The van der Waals surface area contributed by atoms with Gasteiger partial charge in [0.15, 0.2) is 17.3 Å². The van der Waals surface area contributed by atoms with Crippen LogP contribution in [-0.2, 0) is 13.1 Å². The Morgan fingerprint density at radius 2 is 1.44 bits per heavy atom. The van der Waals surface area contributed by atoms with Gasteiger partial charge in [0.05, 0.1) is 13.7 Å². The van der Waals surface area contributed by atoms with E-state index in [1.807, 2.05) is 36.4 Å². The highest BCUT2D eigenvalue weighted by Gasteiger charge is 2.15. The Balaban J connectivity index is 1.78. The number of hydrogen-bond acceptors (Lipinski definition) is 4. The molecule has 0 bridgehead atoms. The molecule has 0 aliphatic heterocycles. The molecule has 0 amide bonds. The zero-order valence-corrected chi connectivity index (χ0v) is 15.3. The van der Waals surface area contributed by atoms with Crippen molar-refractivity contribution in [2.24, 2.45) is 0 Å². The summed E-state index contributed by atoms with van der Waals surface area (Å²) < 4.78 is 5.12. The summed E-state index contributed by atoms with van der Waals surface area (Å²) in [5.41, 5.74) is 2.84. The molecular formula is C23H23NO3. The SMILES string of the molecule is COc1cc(C(=O)CN(Cc2ccccc2)Cc2ccccc2)ccc1O. The fraction of sp³-hybridized carbons (Fsp3) is 0.174. The second-order valence-corrected chi connectivity index (χ2v) is 6.43. The first-order chi connectivity index (χ1) is 13.2. The van der Waals surface area contributed by atoms with Gasteiger partial charge in [-0.1, -0.05) is 60.7 Å². The van der Waals surface area contributed by atoms with Crippen molar-refractivity contribution in [2.45, 2.75) is 13.1 Å². The third-order valence-electron chi connectivity index (χ3n) is 4.37. The molecule has 1 N–H and O–H groups in total. The van der Waals surface area contributed by atoms with E-state index in [1.165, 1.54) is 13.2 Å². The summed E-state index contributed by atoms with van der Waals surface area (Å²) in [6.45, 7) is 1.63. The molecule has 3 aromatic rings. The predicted molar refractivity (Wildman–Crippen MR) is 106 cm³/mol. The minimum Gasteiger partial charge on any atom is -0.504 e. The molecule has 0 atom stereocenters. The first kappa shape index (κ1) is 18.7. The van der Waals surface area contributed by atoms with Crippen molar-refractivity contribution in [1.29, 1.82) is 0 Å². The lowest BCUT2D eigenvalue weighted by molar-refractivity contribution is 0.0920. The van der Waals surface area contributed by atoms with Crippen molar-refractivity contribution in [3.63, 3.8) is 0 Å². The lowest BCUT2D eigenvalue weighted by Crippen LogP contribution is -2.29. The average Bonchev–Trinajstić information content (AvgIpc) is 2.69. The van der Waals surface area contributed by atoms with Crippen LogP contribution in [0.1, 0.15) is 21.5 Å². The molecule has 0 spiro atoms. The molecule has 4 nitrogen and oxygen atoms in total. The molecule has 0 unspecified atom stereocenters. The maximum atomic E-state index is 12.8. The van der Waals surface area contributed by atoms with Crippen molar-refractivity contribution in [1.82, 2.24) is 4.90 Å². The topological polar surface area (TPSA) is 49.8 Å². The lowest BCUT2D eigenvalue weighted by Gasteiger charge is -2.22. The smallest absolute Gasteiger partial charge is 0.176 e. The largest absolute Gasteiger partial charge is 0.504 e. The number of aromatic hydroxyl groups is 1. The van der Waals surface area contributed by atoms with Crippen molar-refractivity contribution in [2.75, 3.05) is 13.7 Å². The highest BCUT2D eigenvalue weighted by molar-refractivity contribution is 5.98. The van der Waals surface area contributed by atoms with E-state index in [9.17, 15) is 9.90 Å². The van der Waals surface area contributed by atoms with Crippen LogP contribution < -0.4 is 4.74 Å². The Bertz CT molecular complexity index is 837. The van der Waals surface area contributed by atoms with Gasteiger partial charge in [-0.2, -0.15) is 0 Å². The summed E-state index contributed by atoms with van der Waals surface area (Å²) in [6.07, 6.45) is 0. The molecule has 0 radical (unpaired) electrons. The van der Waals surface area contributed by atoms with E-state index in [2.05, 4.69) is 29.2 Å². The first-order valence-electron chi connectivity index (χ1n) is 8.86. The van der Waals surface area contributed by atoms with Crippen LogP contribution in [0.4, 0.5) is 0 Å². The maximum absolute atomic E-state index is 12.8. The van der Waals surface area contributed by atoms with Gasteiger partial charge in [0.25, 0.3) is 0 Å². The quantitative estimate of drug-likeness (QED) is 0.608. The number of nitrogens with zero attached hydrogens (tertiary/aromatic N) is 1. The summed E-state index contributed by atoms with van der Waals surface area (Å²) in [6, 6.07) is 24.9. The van der Waals surface area contributed by atoms with Crippen LogP contribution in [0.15, 0.2) is 78.9 Å². The van der Waals surface area contributed by atoms with Crippen LogP contribution in [0.2, 0.25) is 0 Å². The van der Waals surface area contributed by atoms with Gasteiger partial charge in [0.1, 0.15) is 0 Å². The molecule has 0 saturated carbocycles. The molecule has 0 aliphatic carbocycles. The van der Waals surface area contributed by atoms with Gasteiger partial charge in [-0.25, -0.2) is 0 Å². The molecule has 0 heterocycles. The van der Waals surface area contributed by atoms with Crippen LogP contribution in [0.25, 0.3) is 0 Å². The highest BCUT2D eigenvalue weighted by Crippen LogP contribution is 2.26. The zero-order chi connectivity index (χ0) is 19.1. The van der Waals surface area contributed by atoms with Gasteiger partial charge in [-0.05, 0) is 29.3 Å². The minimum atomic E-state index is -0.0137. The number of phenols is 1. The first-order valence-corrected chi connectivity index (χ1v) is 8.86. The molecule has 0 aliphatic rings. The van der Waals surface area contributed by atoms with Crippen LogP contribution >= 0.6 is 0 Å². The van der Waals surface area contributed by atoms with Gasteiger partial charge in [-0.3, -0.25) is 9.69 Å². The Labute approximate surface area is 159 Å². The summed E-state index contributed by atoms with van der Waals surface area (Å²) in [5, 5.41) is 9.74. The standard InChI is InChI=1S/C23H23NO3/c1-27-23-14-20(12-13-21(23)25)22(26)17-24(15-18-8-4-2-5-9-18)16-19-10-6-3-7-11-19/h2-14,25H,15-17H2,1H3. The monoisotopic (exact) mass is 361 g/mol. The normalized spacial score (nSPS) is 10.7. The van der Waals surface area contributed by atoms with Gasteiger partial charge in [0.2, 0.25) is 0 Å². The van der Waals surface area contributed by atoms with E-state index in [0.717, 1.165) is 11.1 Å². The molecule has 3 rings (SSSR count). The van der Waals surface area contributed by atoms with E-state index in [1.54, 1.807) is 12.1 Å². The Hall–Kier alpha value is -3.11. The van der Waals surface area contributed by atoms with Crippen molar-refractivity contribution in [3.8, 4) is 11.5 Å². The highest BCUT2D eigenvalue weighted by atomic mass is 16.5. The van der Waals surface area contributed by atoms with Gasteiger partial charge in [0, 0.05) is 18.7 Å². The zero-order valence-electron chi connectivity index (χ0n) is 15.3. The van der Waals surface area contributed by atoms with Crippen molar-refractivity contribution < 1.29 is 14.6 Å². The predicted octanol–water partition coefficient (Wildman–Crippen LogP) is 4.29. The van der Waals surface area contributed by atoms with E-state index in [-0.39, 0.29) is 18.1 Å². The molecule has 4 heteroatoms. The molecule has 0 aromatic heterocycles. The molecular weight excluding hydrogens is 338 g/mol. The average molecular weight is 361 g/mol. The number of hydrogen-bond donors (Lipinski definition) is 1. The fourth-order valence-electron chi connectivity index (χ4n) is 3.00. The lowest BCUT2D eigenvalue weighted by atomic mass is 10.1. The maximum Gasteiger partial charge on any atom is 0.176 e. The molecule has 0 saturated heterocycles. The second-order valence-electron chi connectivity index (χ2n) is 6.43. The molecule has 138 valence electrons. The number of phenolic OH excluding ortho intramolecular Hbond substituents is 1. The summed E-state index contributed by atoms with van der Waals surface area (Å²) in [7, 11) is 1.47. The van der Waals surface area contributed by atoms with E-state index in [4.69, 9.17) is 4.74 Å². The van der Waals surface area contributed by atoms with Gasteiger partial charge in [-0.15, -0.1) is 0 Å². The Morgan fingerprint density at radius 1 is 0.889 bits per heavy atom. The van der Waals surface area contributed by atoms with E-state index < -0.39 is 0 Å². The van der Waals surface area contributed by atoms with Gasteiger partial charge >= 0.3 is 0 Å². The Morgan fingerprint density at radius 3 is 1.96 bits per heavy atom. The van der Waals surface area contributed by atoms with Crippen LogP contribution in [0, 0.1) is 0 Å². The van der Waals surface area contributed by atoms with Gasteiger partial charge < -0.3 is 9.84 Å². The summed E-state index contributed by atoms with van der Waals surface area (Å²) >= 11 is 0. The number of rotatable bonds is 8. The summed E-state index contributed by atoms with van der Waals surface area (Å²) in [5.74, 6) is 0.318. The third-order valence-corrected chi connectivity index (χ3v) is 4.37. The number of carbonyl (C=O) groups excluding carboxylic acids is 1. The van der Waals surface area contributed by atoms with Crippen LogP contribution in [0.5, 0.6) is 11.5 Å². The number of methoxy groups -OCH3 is 1. The third kappa shape index (κ3) is 5.19. The van der Waals surface area contributed by atoms with E-state index >= 15 is 0 Å². The van der Waals surface area contributed by atoms with Crippen molar-refractivity contribution in [3.05, 3.63) is 95.6 Å². The van der Waals surface area contributed by atoms with E-state index in [0.29, 0.717) is 24.4 Å². The molecule has 27 heavy (non-hydrogen) atoms. The number of ether oxygens (including phenoxy) is 1. The fourth-order valence-corrected chi connectivity index (χ4v) is 3.00.